The predicted octanol–water partition coefficient (Wildman–Crippen LogP) is 4.23. The molecule has 1 saturated carbocycles. The number of rotatable bonds is 6. The van der Waals surface area contributed by atoms with Gasteiger partial charge in [-0.1, -0.05) is 50.0 Å². The summed E-state index contributed by atoms with van der Waals surface area (Å²) in [4.78, 5) is 15.4. The van der Waals surface area contributed by atoms with E-state index in [1.54, 1.807) is 6.08 Å². The number of carbonyl (C=O) groups is 1. The van der Waals surface area contributed by atoms with E-state index in [4.69, 9.17) is 11.0 Å². The molecule has 1 aromatic heterocycles. The zero-order valence-electron chi connectivity index (χ0n) is 15.6. The highest BCUT2D eigenvalue weighted by Crippen LogP contribution is 2.35. The Labute approximate surface area is 167 Å². The van der Waals surface area contributed by atoms with Crippen molar-refractivity contribution in [2.24, 2.45) is 16.8 Å². The molecule has 0 spiro atoms. The molecule has 1 atom stereocenters. The molecule has 2 rings (SSSR count). The van der Waals surface area contributed by atoms with Crippen LogP contribution in [0, 0.1) is 17.2 Å². The Morgan fingerprint density at radius 3 is 2.71 bits per heavy atom. The maximum atomic E-state index is 12.5. The van der Waals surface area contributed by atoms with Gasteiger partial charge in [-0.3, -0.25) is 10.2 Å². The summed E-state index contributed by atoms with van der Waals surface area (Å²) in [5.41, 5.74) is 8.56. The second-order valence-corrected chi connectivity index (χ2v) is 7.18. The van der Waals surface area contributed by atoms with Crippen LogP contribution in [0.1, 0.15) is 53.0 Å². The maximum Gasteiger partial charge on any atom is 0.277 e. The van der Waals surface area contributed by atoms with Crippen LogP contribution in [-0.4, -0.2) is 23.0 Å². The number of carbonyl (C=O) groups excluding carboxylic acids is 1. The van der Waals surface area contributed by atoms with E-state index in [9.17, 15) is 13.6 Å². The highest BCUT2D eigenvalue weighted by molar-refractivity contribution is 7.14. The Morgan fingerprint density at radius 1 is 1.54 bits per heavy atom. The van der Waals surface area contributed by atoms with E-state index in [0.29, 0.717) is 17.7 Å². The summed E-state index contributed by atoms with van der Waals surface area (Å²) in [5.74, 6) is -2.79. The van der Waals surface area contributed by atoms with Crippen LogP contribution >= 0.6 is 11.3 Å². The Kier molecular flexibility index (Phi) is 9.18. The summed E-state index contributed by atoms with van der Waals surface area (Å²) < 4.78 is 24.9. The van der Waals surface area contributed by atoms with Gasteiger partial charge in [-0.25, -0.2) is 13.8 Å². The fourth-order valence-electron chi connectivity index (χ4n) is 2.59. The van der Waals surface area contributed by atoms with Gasteiger partial charge in [0.25, 0.3) is 5.91 Å². The average Bonchev–Trinajstić information content (AvgIpc) is 3.05. The number of thiazole rings is 1. The molecule has 28 heavy (non-hydrogen) atoms. The Balaban J connectivity index is 0.000000362. The van der Waals surface area contributed by atoms with Gasteiger partial charge >= 0.3 is 0 Å². The monoisotopic (exact) mass is 407 g/mol. The number of halogens is 2. The first kappa shape index (κ1) is 23.2. The number of primary amides is 1. The Bertz CT molecular complexity index is 808. The smallest absolute Gasteiger partial charge is 0.277 e. The second-order valence-electron chi connectivity index (χ2n) is 6.18. The summed E-state index contributed by atoms with van der Waals surface area (Å²) in [7, 11) is 0. The molecule has 1 fully saturated rings. The highest BCUT2D eigenvalue weighted by atomic mass is 32.1. The molecule has 1 amide bonds. The summed E-state index contributed by atoms with van der Waals surface area (Å²) >= 11 is 0.937. The van der Waals surface area contributed by atoms with E-state index >= 15 is 0 Å². The molecule has 1 aliphatic carbocycles. The number of nitrogens with two attached hydrogens (primary N) is 1. The molecule has 1 unspecified atom stereocenters. The van der Waals surface area contributed by atoms with Crippen LogP contribution in [0.25, 0.3) is 5.57 Å². The van der Waals surface area contributed by atoms with Crippen molar-refractivity contribution in [2.45, 2.75) is 38.5 Å². The lowest BCUT2D eigenvalue weighted by Gasteiger charge is -2.25. The topological polar surface area (TPSA) is 104 Å². The van der Waals surface area contributed by atoms with E-state index < -0.39 is 11.8 Å². The lowest BCUT2D eigenvalue weighted by molar-refractivity contribution is -0.0494. The van der Waals surface area contributed by atoms with Crippen LogP contribution in [0.5, 0.6) is 0 Å². The van der Waals surface area contributed by atoms with Gasteiger partial charge in [-0.05, 0) is 12.3 Å². The van der Waals surface area contributed by atoms with Crippen molar-refractivity contribution >= 4 is 29.0 Å². The molecule has 0 aliphatic heterocycles. The molecule has 0 aromatic carbocycles. The van der Waals surface area contributed by atoms with Crippen LogP contribution in [0.2, 0.25) is 0 Å². The number of hydrazone groups is 1. The van der Waals surface area contributed by atoms with Crippen molar-refractivity contribution in [2.75, 3.05) is 0 Å². The van der Waals surface area contributed by atoms with E-state index in [1.165, 1.54) is 18.5 Å². The molecule has 0 bridgehead atoms. The number of nitriles is 1. The normalized spacial score (nSPS) is 18.5. The van der Waals surface area contributed by atoms with E-state index in [0.717, 1.165) is 17.8 Å². The van der Waals surface area contributed by atoms with Crippen molar-refractivity contribution in [1.29, 1.82) is 5.26 Å². The van der Waals surface area contributed by atoms with Crippen molar-refractivity contribution in [3.63, 3.8) is 0 Å². The van der Waals surface area contributed by atoms with Crippen LogP contribution in [0.3, 0.4) is 0 Å². The molecule has 6 nitrogen and oxygen atoms in total. The van der Waals surface area contributed by atoms with Gasteiger partial charge in [0.1, 0.15) is 16.6 Å². The fraction of sp³-hybridized carbons (Fsp3) is 0.368. The van der Waals surface area contributed by atoms with Crippen LogP contribution in [0.4, 0.5) is 8.78 Å². The zero-order valence-corrected chi connectivity index (χ0v) is 16.4. The molecule has 150 valence electrons. The third kappa shape index (κ3) is 7.40. The van der Waals surface area contributed by atoms with Gasteiger partial charge < -0.3 is 5.73 Å². The van der Waals surface area contributed by atoms with Gasteiger partial charge in [0.15, 0.2) is 5.01 Å². The number of alkyl halides is 2. The Morgan fingerprint density at radius 2 is 2.25 bits per heavy atom. The SMILES string of the molecule is C=C/C=C(/C=N\NC=C)c1nc(C(N)=O)sc1C#N.CC1CCCC(F)(F)C1. The quantitative estimate of drug-likeness (QED) is 0.418. The van der Waals surface area contributed by atoms with Crippen molar-refractivity contribution in [3.05, 3.63) is 47.1 Å². The van der Waals surface area contributed by atoms with Gasteiger partial charge in [-0.2, -0.15) is 10.4 Å². The average molecular weight is 407 g/mol. The largest absolute Gasteiger partial charge is 0.364 e. The molecule has 1 aromatic rings. The molecule has 0 radical (unpaired) electrons. The first-order valence-corrected chi connectivity index (χ1v) is 9.36. The third-order valence-electron chi connectivity index (χ3n) is 3.77. The lowest BCUT2D eigenvalue weighted by Crippen LogP contribution is -2.24. The third-order valence-corrected chi connectivity index (χ3v) is 4.74. The molecular formula is C19H23F2N5OS. The molecule has 0 saturated heterocycles. The van der Waals surface area contributed by atoms with Crippen molar-refractivity contribution in [1.82, 2.24) is 10.4 Å². The van der Waals surface area contributed by atoms with Crippen LogP contribution < -0.4 is 11.2 Å². The van der Waals surface area contributed by atoms with Gasteiger partial charge in [0.05, 0.1) is 6.21 Å². The van der Waals surface area contributed by atoms with E-state index in [-0.39, 0.29) is 28.6 Å². The van der Waals surface area contributed by atoms with Crippen molar-refractivity contribution in [3.8, 4) is 6.07 Å². The number of aromatic nitrogens is 1. The van der Waals surface area contributed by atoms with E-state index in [2.05, 4.69) is 28.7 Å². The standard InChI is InChI=1S/C12H11N5OS.C7H12F2/c1-3-5-8(7-16-15-4-2)10-9(6-13)19-12(17-10)11(14)18;1-6-3-2-4-7(8,9)5-6/h3-5,7,15H,1-2H2,(H2,14,18);6H,2-5H2,1H3/b8-5-,16-7-;. The number of allylic oxidation sites excluding steroid dienone is 3. The first-order chi connectivity index (χ1) is 13.2. The summed E-state index contributed by atoms with van der Waals surface area (Å²) in [5, 5.41) is 13.0. The van der Waals surface area contributed by atoms with Gasteiger partial charge in [0, 0.05) is 24.6 Å². The number of amides is 1. The van der Waals surface area contributed by atoms with E-state index in [1.807, 2.05) is 13.0 Å². The first-order valence-electron chi connectivity index (χ1n) is 8.55. The minimum atomic E-state index is -2.35. The van der Waals surface area contributed by atoms with Crippen molar-refractivity contribution < 1.29 is 13.6 Å². The number of nitrogens with one attached hydrogen (secondary N) is 1. The highest BCUT2D eigenvalue weighted by Gasteiger charge is 2.33. The second kappa shape index (κ2) is 11.1. The summed E-state index contributed by atoms with van der Waals surface area (Å²) in [6, 6.07) is 1.97. The zero-order chi connectivity index (χ0) is 21.2. The number of nitrogens with zero attached hydrogens (tertiary/aromatic N) is 3. The molecule has 9 heteroatoms. The molecular weight excluding hydrogens is 384 g/mol. The predicted molar refractivity (Wildman–Crippen MR) is 108 cm³/mol. The Hall–Kier alpha value is -2.86. The van der Waals surface area contributed by atoms with Crippen LogP contribution in [0.15, 0.2) is 36.6 Å². The van der Waals surface area contributed by atoms with Gasteiger partial charge in [0.2, 0.25) is 5.92 Å². The fourth-order valence-corrected chi connectivity index (χ4v) is 3.33. The number of hydrogen-bond acceptors (Lipinski definition) is 6. The van der Waals surface area contributed by atoms with Crippen LogP contribution in [-0.2, 0) is 0 Å². The molecule has 1 aliphatic rings. The molecule has 1 heterocycles. The summed E-state index contributed by atoms with van der Waals surface area (Å²) in [6.45, 7) is 8.92. The minimum Gasteiger partial charge on any atom is -0.364 e. The van der Waals surface area contributed by atoms with Gasteiger partial charge in [-0.15, -0.1) is 0 Å². The summed E-state index contributed by atoms with van der Waals surface area (Å²) in [6.07, 6.45) is 7.88. The minimum absolute atomic E-state index is 0.0755. The number of hydrogen-bond donors (Lipinski definition) is 2. The molecule has 3 N–H and O–H groups in total. The lowest BCUT2D eigenvalue weighted by atomic mass is 9.88. The maximum absolute atomic E-state index is 12.5.